The fraction of sp³-hybridized carbons (Fsp3) is 0.800. The van der Waals surface area contributed by atoms with E-state index in [9.17, 15) is 9.59 Å². The lowest BCUT2D eigenvalue weighted by Crippen LogP contribution is -2.49. The van der Waals surface area contributed by atoms with Gasteiger partial charge in [-0.05, 0) is 26.7 Å². The van der Waals surface area contributed by atoms with Crippen molar-refractivity contribution in [3.63, 3.8) is 0 Å². The Bertz CT molecular complexity index is 364. The van der Waals surface area contributed by atoms with E-state index in [1.54, 1.807) is 0 Å². The second kappa shape index (κ2) is 9.71. The van der Waals surface area contributed by atoms with Crippen LogP contribution >= 0.6 is 12.2 Å². The normalized spacial score (nSPS) is 11.3. The number of hydrogen-bond acceptors (Lipinski definition) is 3. The number of carbonyl (C=O) groups is 2. The van der Waals surface area contributed by atoms with Gasteiger partial charge >= 0.3 is 0 Å². The van der Waals surface area contributed by atoms with Crippen LogP contribution in [0.3, 0.4) is 0 Å². The molecule has 4 N–H and O–H groups in total. The maximum atomic E-state index is 12.5. The highest BCUT2D eigenvalue weighted by atomic mass is 32.1. The SMILES string of the molecule is CCCC(CCC)(C(=O)NCCC(=O)NC(C)C)C(N)=S. The molecule has 0 saturated heterocycles. The summed E-state index contributed by atoms with van der Waals surface area (Å²) >= 11 is 5.13. The monoisotopic (exact) mass is 315 g/mol. The quantitative estimate of drug-likeness (QED) is 0.538. The second-order valence-corrected chi connectivity index (χ2v) is 6.11. The van der Waals surface area contributed by atoms with Gasteiger partial charge in [-0.2, -0.15) is 0 Å². The summed E-state index contributed by atoms with van der Waals surface area (Å²) in [7, 11) is 0. The van der Waals surface area contributed by atoms with Crippen LogP contribution in [0.15, 0.2) is 0 Å². The van der Waals surface area contributed by atoms with Crippen LogP contribution in [-0.4, -0.2) is 29.4 Å². The molecule has 0 aromatic rings. The van der Waals surface area contributed by atoms with E-state index in [1.807, 2.05) is 27.7 Å². The van der Waals surface area contributed by atoms with Crippen LogP contribution in [0, 0.1) is 5.41 Å². The zero-order chi connectivity index (χ0) is 16.5. The fourth-order valence-corrected chi connectivity index (χ4v) is 2.71. The van der Waals surface area contributed by atoms with Gasteiger partial charge in [0, 0.05) is 19.0 Å². The highest BCUT2D eigenvalue weighted by molar-refractivity contribution is 7.80. The zero-order valence-electron chi connectivity index (χ0n) is 13.6. The summed E-state index contributed by atoms with van der Waals surface area (Å²) in [6, 6.07) is 0.101. The fourth-order valence-electron chi connectivity index (χ4n) is 2.42. The minimum absolute atomic E-state index is 0.0720. The van der Waals surface area contributed by atoms with Gasteiger partial charge < -0.3 is 16.4 Å². The molecule has 0 aromatic heterocycles. The summed E-state index contributed by atoms with van der Waals surface area (Å²) in [5.74, 6) is -0.228. The average molecular weight is 315 g/mol. The molecule has 6 heteroatoms. The molecule has 0 spiro atoms. The third-order valence-corrected chi connectivity index (χ3v) is 3.74. The molecule has 0 aliphatic heterocycles. The maximum absolute atomic E-state index is 12.5. The Morgan fingerprint density at radius 1 is 1.19 bits per heavy atom. The van der Waals surface area contributed by atoms with Crippen molar-refractivity contribution in [3.05, 3.63) is 0 Å². The number of amides is 2. The number of nitrogens with two attached hydrogens (primary N) is 1. The van der Waals surface area contributed by atoms with E-state index in [0.29, 0.717) is 19.4 Å². The maximum Gasteiger partial charge on any atom is 0.233 e. The summed E-state index contributed by atoms with van der Waals surface area (Å²) in [5, 5.41) is 5.60. The van der Waals surface area contributed by atoms with Crippen LogP contribution in [0.1, 0.15) is 59.8 Å². The van der Waals surface area contributed by atoms with Gasteiger partial charge in [0.2, 0.25) is 11.8 Å². The van der Waals surface area contributed by atoms with Crippen molar-refractivity contribution in [1.82, 2.24) is 10.6 Å². The lowest BCUT2D eigenvalue weighted by Gasteiger charge is -2.31. The van der Waals surface area contributed by atoms with E-state index < -0.39 is 5.41 Å². The molecule has 0 heterocycles. The van der Waals surface area contributed by atoms with E-state index in [1.165, 1.54) is 0 Å². The number of rotatable bonds is 10. The average Bonchev–Trinajstić information content (AvgIpc) is 2.36. The molecule has 0 aromatic carbocycles. The van der Waals surface area contributed by atoms with Crippen LogP contribution in [0.25, 0.3) is 0 Å². The number of nitrogens with one attached hydrogen (secondary N) is 2. The smallest absolute Gasteiger partial charge is 0.233 e. The molecular weight excluding hydrogens is 286 g/mol. The van der Waals surface area contributed by atoms with E-state index in [-0.39, 0.29) is 29.3 Å². The van der Waals surface area contributed by atoms with Crippen LogP contribution in [0.4, 0.5) is 0 Å². The molecule has 0 fully saturated rings. The van der Waals surface area contributed by atoms with Crippen LogP contribution in [0.2, 0.25) is 0 Å². The molecule has 0 unspecified atom stereocenters. The van der Waals surface area contributed by atoms with E-state index in [2.05, 4.69) is 10.6 Å². The third-order valence-electron chi connectivity index (χ3n) is 3.35. The standard InChI is InChI=1S/C15H29N3O2S/c1-5-8-15(9-6-2,13(16)21)14(20)17-10-7-12(19)18-11(3)4/h11H,5-10H2,1-4H3,(H2,16,21)(H,17,20)(H,18,19). The van der Waals surface area contributed by atoms with Crippen LogP contribution in [0.5, 0.6) is 0 Å². The Kier molecular flexibility index (Phi) is 9.17. The number of carbonyl (C=O) groups excluding carboxylic acids is 2. The van der Waals surface area contributed by atoms with Gasteiger partial charge in [0.1, 0.15) is 0 Å². The van der Waals surface area contributed by atoms with Gasteiger partial charge in [-0.25, -0.2) is 0 Å². The predicted octanol–water partition coefficient (Wildman–Crippen LogP) is 1.89. The first kappa shape index (κ1) is 19.8. The molecule has 2 amide bonds. The van der Waals surface area contributed by atoms with Crippen molar-refractivity contribution in [3.8, 4) is 0 Å². The summed E-state index contributed by atoms with van der Waals surface area (Å²) in [4.78, 5) is 24.3. The highest BCUT2D eigenvalue weighted by Gasteiger charge is 2.39. The Balaban J connectivity index is 4.61. The first-order valence-corrected chi connectivity index (χ1v) is 8.08. The molecule has 0 atom stereocenters. The molecule has 0 radical (unpaired) electrons. The molecule has 5 nitrogen and oxygen atoms in total. The Hall–Kier alpha value is -1.17. The Morgan fingerprint density at radius 3 is 2.10 bits per heavy atom. The van der Waals surface area contributed by atoms with Gasteiger partial charge in [-0.15, -0.1) is 0 Å². The molecule has 0 aliphatic carbocycles. The minimum Gasteiger partial charge on any atom is -0.392 e. The van der Waals surface area contributed by atoms with Gasteiger partial charge in [0.05, 0.1) is 10.4 Å². The van der Waals surface area contributed by atoms with E-state index >= 15 is 0 Å². The molecular formula is C15H29N3O2S. The zero-order valence-corrected chi connectivity index (χ0v) is 14.4. The van der Waals surface area contributed by atoms with Crippen molar-refractivity contribution in [2.24, 2.45) is 11.1 Å². The molecule has 21 heavy (non-hydrogen) atoms. The van der Waals surface area contributed by atoms with Gasteiger partial charge in [-0.1, -0.05) is 38.9 Å². The summed E-state index contributed by atoms with van der Waals surface area (Å²) in [6.07, 6.45) is 3.20. The van der Waals surface area contributed by atoms with Crippen molar-refractivity contribution >= 4 is 29.0 Å². The number of hydrogen-bond donors (Lipinski definition) is 3. The van der Waals surface area contributed by atoms with Gasteiger partial charge in [0.15, 0.2) is 0 Å². The second-order valence-electron chi connectivity index (χ2n) is 5.67. The van der Waals surface area contributed by atoms with Crippen LogP contribution < -0.4 is 16.4 Å². The number of thiocarbonyl (C=S) groups is 1. The van der Waals surface area contributed by atoms with Gasteiger partial charge in [-0.3, -0.25) is 9.59 Å². The van der Waals surface area contributed by atoms with E-state index in [4.69, 9.17) is 18.0 Å². The Labute approximate surface area is 133 Å². The lowest BCUT2D eigenvalue weighted by molar-refractivity contribution is -0.128. The van der Waals surface area contributed by atoms with Crippen LogP contribution in [-0.2, 0) is 9.59 Å². The van der Waals surface area contributed by atoms with E-state index in [0.717, 1.165) is 12.8 Å². The molecule has 0 aliphatic rings. The van der Waals surface area contributed by atoms with Crippen molar-refractivity contribution in [1.29, 1.82) is 0 Å². The molecule has 0 saturated carbocycles. The first-order valence-electron chi connectivity index (χ1n) is 7.67. The lowest BCUT2D eigenvalue weighted by atomic mass is 9.78. The van der Waals surface area contributed by atoms with Gasteiger partial charge in [0.25, 0.3) is 0 Å². The summed E-state index contributed by atoms with van der Waals surface area (Å²) in [5.41, 5.74) is 5.05. The van der Waals surface area contributed by atoms with Crippen molar-refractivity contribution in [2.75, 3.05) is 6.54 Å². The Morgan fingerprint density at radius 2 is 1.71 bits per heavy atom. The molecule has 122 valence electrons. The molecule has 0 bridgehead atoms. The third kappa shape index (κ3) is 6.42. The molecule has 0 rings (SSSR count). The topological polar surface area (TPSA) is 84.2 Å². The predicted molar refractivity (Wildman–Crippen MR) is 89.9 cm³/mol. The first-order chi connectivity index (χ1) is 9.80. The largest absolute Gasteiger partial charge is 0.392 e. The highest BCUT2D eigenvalue weighted by Crippen LogP contribution is 2.30. The van der Waals surface area contributed by atoms with Crippen molar-refractivity contribution < 1.29 is 9.59 Å². The summed E-state index contributed by atoms with van der Waals surface area (Å²) < 4.78 is 0. The minimum atomic E-state index is -0.784. The summed E-state index contributed by atoms with van der Waals surface area (Å²) in [6.45, 7) is 8.11. The van der Waals surface area contributed by atoms with Crippen molar-refractivity contribution in [2.45, 2.75) is 65.8 Å².